The first kappa shape index (κ1) is 19.7. The molecule has 0 atom stereocenters. The Morgan fingerprint density at radius 3 is 2.18 bits per heavy atom. The van der Waals surface area contributed by atoms with Gasteiger partial charge in [-0.15, -0.1) is 22.7 Å². The molecule has 0 N–H and O–H groups in total. The molecular weight excluding hydrogens is 396 g/mol. The number of hydrogen-bond acceptors (Lipinski definition) is 3. The molecule has 2 heterocycles. The highest BCUT2D eigenvalue weighted by Crippen LogP contribution is 2.55. The van der Waals surface area contributed by atoms with Crippen LogP contribution in [0.15, 0.2) is 47.7 Å². The summed E-state index contributed by atoms with van der Waals surface area (Å²) in [6.07, 6.45) is 1.85. The Morgan fingerprint density at radius 1 is 1.04 bits per heavy atom. The zero-order valence-corrected chi connectivity index (χ0v) is 19.8. The first-order valence-electron chi connectivity index (χ1n) is 10.1. The van der Waals surface area contributed by atoms with Crippen LogP contribution in [-0.4, -0.2) is 14.7 Å². The van der Waals surface area contributed by atoms with Gasteiger partial charge in [0.1, 0.15) is 20.4 Å². The topological polar surface area (TPSA) is 9.23 Å². The van der Waals surface area contributed by atoms with Crippen molar-refractivity contribution in [1.29, 1.82) is 0 Å². The summed E-state index contributed by atoms with van der Waals surface area (Å²) >= 11 is 3.82. The van der Waals surface area contributed by atoms with Crippen LogP contribution in [0.3, 0.4) is 0 Å². The van der Waals surface area contributed by atoms with Crippen LogP contribution in [0.5, 0.6) is 5.75 Å². The van der Waals surface area contributed by atoms with E-state index in [1.165, 1.54) is 38.2 Å². The van der Waals surface area contributed by atoms with Crippen molar-refractivity contribution in [2.24, 2.45) is 0 Å². The predicted octanol–water partition coefficient (Wildman–Crippen LogP) is 7.04. The molecular formula is C24H28OS2Si. The second kappa shape index (κ2) is 7.66. The fourth-order valence-electron chi connectivity index (χ4n) is 5.08. The van der Waals surface area contributed by atoms with Gasteiger partial charge in [-0.1, -0.05) is 56.3 Å². The quantitative estimate of drug-likeness (QED) is 0.292. The van der Waals surface area contributed by atoms with Gasteiger partial charge in [0.15, 0.2) is 0 Å². The molecule has 1 nitrogen and oxygen atoms in total. The van der Waals surface area contributed by atoms with E-state index < -0.39 is 8.07 Å². The Kier molecular flexibility index (Phi) is 5.38. The lowest BCUT2D eigenvalue weighted by atomic mass is 10.1. The van der Waals surface area contributed by atoms with Crippen LogP contribution in [0, 0.1) is 13.8 Å². The molecule has 0 saturated heterocycles. The summed E-state index contributed by atoms with van der Waals surface area (Å²) < 4.78 is 6.30. The number of thiophene rings is 2. The van der Waals surface area contributed by atoms with E-state index in [9.17, 15) is 0 Å². The second-order valence-electron chi connectivity index (χ2n) is 7.76. The Labute approximate surface area is 177 Å². The molecule has 0 radical (unpaired) electrons. The fraction of sp³-hybridized carbons (Fsp3) is 0.333. The van der Waals surface area contributed by atoms with Crippen molar-refractivity contribution in [3.05, 3.63) is 69.9 Å². The summed E-state index contributed by atoms with van der Waals surface area (Å²) in [5, 5.41) is 6.06. The molecule has 0 saturated carbocycles. The standard InChI is InChI=1S/C24H28OS2Si/c1-6-11-25-21-17(5)14-16(4)15-20(21)28(7-2,8-3)24-18-9-12-26-22(18)23-19(24)10-13-27-23/h6,9-10,12-15,24H,1,7-8,11H2,2-5H3. The predicted molar refractivity (Wildman–Crippen MR) is 127 cm³/mol. The van der Waals surface area contributed by atoms with E-state index in [0.29, 0.717) is 12.1 Å². The van der Waals surface area contributed by atoms with Crippen LogP contribution < -0.4 is 9.92 Å². The second-order valence-corrected chi connectivity index (χ2v) is 14.4. The SMILES string of the molecule is C=CCOc1c(C)cc(C)cc1[Si](CC)(CC)C1c2ccsc2-c2sccc21. The molecule has 0 fully saturated rings. The molecule has 0 unspecified atom stereocenters. The zero-order chi connectivity index (χ0) is 19.9. The van der Waals surface area contributed by atoms with Gasteiger partial charge in [0, 0.05) is 15.3 Å². The van der Waals surface area contributed by atoms with Gasteiger partial charge in [-0.2, -0.15) is 0 Å². The maximum absolute atomic E-state index is 6.30. The van der Waals surface area contributed by atoms with Gasteiger partial charge in [0.25, 0.3) is 0 Å². The minimum Gasteiger partial charge on any atom is -0.489 e. The third-order valence-electron chi connectivity index (χ3n) is 6.33. The summed E-state index contributed by atoms with van der Waals surface area (Å²) in [5.41, 5.74) is 6.25. The van der Waals surface area contributed by atoms with Gasteiger partial charge in [0.05, 0.1) is 0 Å². The van der Waals surface area contributed by atoms with Gasteiger partial charge >= 0.3 is 0 Å². The monoisotopic (exact) mass is 424 g/mol. The zero-order valence-electron chi connectivity index (χ0n) is 17.2. The van der Waals surface area contributed by atoms with Gasteiger partial charge in [-0.25, -0.2) is 0 Å². The molecule has 0 spiro atoms. The van der Waals surface area contributed by atoms with Crippen molar-refractivity contribution in [3.63, 3.8) is 0 Å². The van der Waals surface area contributed by atoms with Gasteiger partial charge in [-0.3, -0.25) is 0 Å². The van der Waals surface area contributed by atoms with E-state index >= 15 is 0 Å². The van der Waals surface area contributed by atoms with Gasteiger partial charge < -0.3 is 4.74 Å². The van der Waals surface area contributed by atoms with Crippen molar-refractivity contribution in [2.45, 2.75) is 45.3 Å². The Balaban J connectivity index is 1.98. The van der Waals surface area contributed by atoms with E-state index in [4.69, 9.17) is 4.74 Å². The summed E-state index contributed by atoms with van der Waals surface area (Å²) in [4.78, 5) is 3.01. The Bertz CT molecular complexity index is 969. The molecule has 28 heavy (non-hydrogen) atoms. The van der Waals surface area contributed by atoms with Crippen LogP contribution in [0.1, 0.15) is 41.6 Å². The largest absolute Gasteiger partial charge is 0.489 e. The number of rotatable bonds is 7. The van der Waals surface area contributed by atoms with Crippen molar-refractivity contribution in [3.8, 4) is 15.5 Å². The maximum Gasteiger partial charge on any atom is 0.121 e. The van der Waals surface area contributed by atoms with Crippen LogP contribution in [0.2, 0.25) is 12.1 Å². The number of ether oxygens (including phenoxy) is 1. The number of benzene rings is 1. The summed E-state index contributed by atoms with van der Waals surface area (Å²) in [6.45, 7) is 13.7. The first-order chi connectivity index (χ1) is 13.6. The molecule has 2 aromatic heterocycles. The smallest absolute Gasteiger partial charge is 0.121 e. The molecule has 0 aliphatic heterocycles. The van der Waals surface area contributed by atoms with Crippen molar-refractivity contribution in [1.82, 2.24) is 0 Å². The Hall–Kier alpha value is -1.62. The number of hydrogen-bond donors (Lipinski definition) is 0. The molecule has 0 amide bonds. The van der Waals surface area contributed by atoms with Crippen molar-refractivity contribution in [2.75, 3.05) is 6.61 Å². The van der Waals surface area contributed by atoms with Gasteiger partial charge in [-0.05, 0) is 58.6 Å². The van der Waals surface area contributed by atoms with Crippen LogP contribution in [0.4, 0.5) is 0 Å². The van der Waals surface area contributed by atoms with E-state index in [2.05, 4.69) is 69.3 Å². The highest BCUT2D eigenvalue weighted by molar-refractivity contribution is 7.21. The molecule has 1 aliphatic rings. The third kappa shape index (κ3) is 2.85. The average molecular weight is 425 g/mol. The third-order valence-corrected chi connectivity index (χ3v) is 14.1. The van der Waals surface area contributed by atoms with Gasteiger partial charge in [0.2, 0.25) is 0 Å². The molecule has 4 heteroatoms. The lowest BCUT2D eigenvalue weighted by Gasteiger charge is -2.38. The molecule has 146 valence electrons. The normalized spacial score (nSPS) is 13.4. The summed E-state index contributed by atoms with van der Waals surface area (Å²) in [5.74, 6) is 1.11. The highest BCUT2D eigenvalue weighted by Gasteiger charge is 2.48. The minimum atomic E-state index is -1.92. The molecule has 0 bridgehead atoms. The van der Waals surface area contributed by atoms with E-state index in [1.54, 1.807) is 11.1 Å². The highest BCUT2D eigenvalue weighted by atomic mass is 32.1. The number of fused-ring (bicyclic) bond motifs is 3. The van der Waals surface area contributed by atoms with E-state index in [0.717, 1.165) is 5.75 Å². The lowest BCUT2D eigenvalue weighted by Crippen LogP contribution is -2.53. The molecule has 1 aliphatic carbocycles. The lowest BCUT2D eigenvalue weighted by molar-refractivity contribution is 0.363. The minimum absolute atomic E-state index is 0.525. The summed E-state index contributed by atoms with van der Waals surface area (Å²) in [7, 11) is -1.92. The number of aryl methyl sites for hydroxylation is 2. The maximum atomic E-state index is 6.30. The van der Waals surface area contributed by atoms with E-state index in [1.807, 2.05) is 28.7 Å². The van der Waals surface area contributed by atoms with Crippen LogP contribution in [-0.2, 0) is 0 Å². The van der Waals surface area contributed by atoms with Crippen LogP contribution in [0.25, 0.3) is 9.75 Å². The molecule has 4 rings (SSSR count). The first-order valence-corrected chi connectivity index (χ1v) is 14.3. The van der Waals surface area contributed by atoms with Crippen LogP contribution >= 0.6 is 22.7 Å². The Morgan fingerprint density at radius 2 is 1.64 bits per heavy atom. The fourth-order valence-corrected chi connectivity index (χ4v) is 12.7. The molecule has 1 aromatic carbocycles. The van der Waals surface area contributed by atoms with Crippen molar-refractivity contribution < 1.29 is 4.74 Å². The van der Waals surface area contributed by atoms with Crippen molar-refractivity contribution >= 4 is 35.9 Å². The molecule has 3 aromatic rings. The average Bonchev–Trinajstić information content (AvgIpc) is 3.38. The van der Waals surface area contributed by atoms with E-state index in [-0.39, 0.29) is 0 Å². The summed E-state index contributed by atoms with van der Waals surface area (Å²) in [6, 6.07) is 11.9.